The summed E-state index contributed by atoms with van der Waals surface area (Å²) >= 11 is 5.90. The molecule has 2 aromatic carbocycles. The molecule has 0 unspecified atom stereocenters. The summed E-state index contributed by atoms with van der Waals surface area (Å²) in [5.74, 6) is 1.28. The van der Waals surface area contributed by atoms with E-state index in [1.165, 1.54) is 0 Å². The number of carbonyl (C=O) groups is 1. The normalized spacial score (nSPS) is 10.4. The van der Waals surface area contributed by atoms with Gasteiger partial charge in [0.05, 0.1) is 0 Å². The number of benzene rings is 2. The highest BCUT2D eigenvalue weighted by Gasteiger charge is 2.04. The van der Waals surface area contributed by atoms with E-state index >= 15 is 0 Å². The summed E-state index contributed by atoms with van der Waals surface area (Å²) in [7, 11) is 0. The highest BCUT2D eigenvalue weighted by molar-refractivity contribution is 6.30. The minimum atomic E-state index is 0.0446. The first-order valence-electron chi connectivity index (χ1n) is 8.21. The zero-order valence-corrected chi connectivity index (χ0v) is 15.3. The van der Waals surface area contributed by atoms with E-state index in [1.54, 1.807) is 19.1 Å². The van der Waals surface area contributed by atoms with Crippen LogP contribution in [-0.4, -0.2) is 15.8 Å². The quantitative estimate of drug-likeness (QED) is 0.601. The minimum absolute atomic E-state index is 0.0446. The molecular weight excluding hydrogens is 348 g/mol. The predicted octanol–water partition coefficient (Wildman–Crippen LogP) is 5.00. The highest BCUT2D eigenvalue weighted by Crippen LogP contribution is 2.18. The molecule has 1 heterocycles. The van der Waals surface area contributed by atoms with Gasteiger partial charge in [0, 0.05) is 34.6 Å². The first kappa shape index (κ1) is 17.9. The van der Waals surface area contributed by atoms with Crippen molar-refractivity contribution in [1.82, 2.24) is 9.97 Å². The van der Waals surface area contributed by atoms with Crippen LogP contribution in [0, 0.1) is 6.92 Å². The van der Waals surface area contributed by atoms with Gasteiger partial charge in [-0.2, -0.15) is 4.98 Å². The van der Waals surface area contributed by atoms with Gasteiger partial charge in [0.1, 0.15) is 5.82 Å². The van der Waals surface area contributed by atoms with Crippen molar-refractivity contribution in [3.05, 3.63) is 76.4 Å². The van der Waals surface area contributed by atoms with Crippen LogP contribution < -0.4 is 10.6 Å². The van der Waals surface area contributed by atoms with Crippen molar-refractivity contribution in [3.8, 4) is 0 Å². The number of ketones is 1. The molecule has 26 heavy (non-hydrogen) atoms. The average molecular weight is 367 g/mol. The van der Waals surface area contributed by atoms with Crippen molar-refractivity contribution in [2.75, 3.05) is 10.6 Å². The Balaban J connectivity index is 1.70. The fraction of sp³-hybridized carbons (Fsp3) is 0.150. The van der Waals surface area contributed by atoms with Crippen LogP contribution in [0.2, 0.25) is 5.02 Å². The molecule has 3 aromatic rings. The van der Waals surface area contributed by atoms with Crippen molar-refractivity contribution in [2.45, 2.75) is 20.4 Å². The maximum Gasteiger partial charge on any atom is 0.225 e. The molecule has 0 saturated heterocycles. The summed E-state index contributed by atoms with van der Waals surface area (Å²) in [5, 5.41) is 7.17. The smallest absolute Gasteiger partial charge is 0.225 e. The molecule has 0 saturated carbocycles. The summed E-state index contributed by atoms with van der Waals surface area (Å²) < 4.78 is 0. The molecular formula is C20H19ClN4O. The number of hydrogen-bond donors (Lipinski definition) is 2. The number of aromatic nitrogens is 2. The third-order valence-corrected chi connectivity index (χ3v) is 4.03. The van der Waals surface area contributed by atoms with E-state index in [2.05, 4.69) is 20.6 Å². The molecule has 2 N–H and O–H groups in total. The van der Waals surface area contributed by atoms with E-state index in [0.717, 1.165) is 16.9 Å². The second-order valence-electron chi connectivity index (χ2n) is 5.96. The first-order valence-corrected chi connectivity index (χ1v) is 8.59. The van der Waals surface area contributed by atoms with E-state index in [9.17, 15) is 4.79 Å². The molecule has 0 fully saturated rings. The Labute approximate surface area is 157 Å². The Hall–Kier alpha value is -2.92. The van der Waals surface area contributed by atoms with E-state index in [-0.39, 0.29) is 5.78 Å². The lowest BCUT2D eigenvalue weighted by Gasteiger charge is -2.10. The van der Waals surface area contributed by atoms with Crippen molar-refractivity contribution < 1.29 is 4.79 Å². The summed E-state index contributed by atoms with van der Waals surface area (Å²) in [6.07, 6.45) is 0. The molecule has 0 aliphatic carbocycles. The molecule has 0 atom stereocenters. The van der Waals surface area contributed by atoms with Gasteiger partial charge in [-0.25, -0.2) is 4.98 Å². The number of carbonyl (C=O) groups excluding carboxylic acids is 1. The molecule has 0 radical (unpaired) electrons. The lowest BCUT2D eigenvalue weighted by Crippen LogP contribution is -2.06. The topological polar surface area (TPSA) is 66.9 Å². The van der Waals surface area contributed by atoms with Gasteiger partial charge < -0.3 is 10.6 Å². The number of nitrogens with one attached hydrogen (secondary N) is 2. The zero-order chi connectivity index (χ0) is 18.5. The number of halogens is 1. The molecule has 3 rings (SSSR count). The molecule has 0 bridgehead atoms. The SMILES string of the molecule is CC(=O)c1ccc(Nc2cc(C)nc(NCc3ccc(Cl)cc3)n2)cc1. The predicted molar refractivity (Wildman–Crippen MR) is 105 cm³/mol. The van der Waals surface area contributed by atoms with Crippen LogP contribution in [0.4, 0.5) is 17.5 Å². The van der Waals surface area contributed by atoms with Crippen molar-refractivity contribution in [3.63, 3.8) is 0 Å². The first-order chi connectivity index (χ1) is 12.5. The van der Waals surface area contributed by atoms with E-state index < -0.39 is 0 Å². The van der Waals surface area contributed by atoms with Gasteiger partial charge in [-0.3, -0.25) is 4.79 Å². The maximum absolute atomic E-state index is 11.4. The molecule has 132 valence electrons. The van der Waals surface area contributed by atoms with Crippen LogP contribution in [0.25, 0.3) is 0 Å². The monoisotopic (exact) mass is 366 g/mol. The van der Waals surface area contributed by atoms with Crippen molar-refractivity contribution in [1.29, 1.82) is 0 Å². The third kappa shape index (κ3) is 4.80. The van der Waals surface area contributed by atoms with Crippen LogP contribution in [0.1, 0.15) is 28.5 Å². The fourth-order valence-corrected chi connectivity index (χ4v) is 2.56. The van der Waals surface area contributed by atoms with Gasteiger partial charge in [-0.05, 0) is 55.8 Å². The minimum Gasteiger partial charge on any atom is -0.350 e. The van der Waals surface area contributed by atoms with Gasteiger partial charge in [-0.1, -0.05) is 23.7 Å². The van der Waals surface area contributed by atoms with Gasteiger partial charge in [0.15, 0.2) is 5.78 Å². The summed E-state index contributed by atoms with van der Waals surface area (Å²) in [6.45, 7) is 4.07. The lowest BCUT2D eigenvalue weighted by molar-refractivity contribution is 0.101. The third-order valence-electron chi connectivity index (χ3n) is 3.78. The van der Waals surface area contributed by atoms with Gasteiger partial charge in [-0.15, -0.1) is 0 Å². The Bertz CT molecular complexity index is 908. The van der Waals surface area contributed by atoms with Crippen molar-refractivity contribution >= 4 is 34.8 Å². The second kappa shape index (κ2) is 7.97. The van der Waals surface area contributed by atoms with Crippen LogP contribution in [0.5, 0.6) is 0 Å². The van der Waals surface area contributed by atoms with Crippen LogP contribution in [0.3, 0.4) is 0 Å². The molecule has 0 spiro atoms. The van der Waals surface area contributed by atoms with Crippen LogP contribution in [0.15, 0.2) is 54.6 Å². The number of anilines is 3. The Kier molecular flexibility index (Phi) is 5.49. The summed E-state index contributed by atoms with van der Waals surface area (Å²) in [6, 6.07) is 16.8. The highest BCUT2D eigenvalue weighted by atomic mass is 35.5. The standard InChI is InChI=1S/C20H19ClN4O/c1-13-11-19(24-18-9-5-16(6-10-18)14(2)26)25-20(23-13)22-12-15-3-7-17(21)8-4-15/h3-11H,12H2,1-2H3,(H2,22,23,24,25). The summed E-state index contributed by atoms with van der Waals surface area (Å²) in [4.78, 5) is 20.3. The molecule has 1 aromatic heterocycles. The number of rotatable bonds is 6. The number of hydrogen-bond acceptors (Lipinski definition) is 5. The molecule has 0 amide bonds. The van der Waals surface area contributed by atoms with Crippen LogP contribution >= 0.6 is 11.6 Å². The Morgan fingerprint density at radius 1 is 1.04 bits per heavy atom. The number of aryl methyl sites for hydroxylation is 1. The van der Waals surface area contributed by atoms with E-state index in [1.807, 2.05) is 49.4 Å². The van der Waals surface area contributed by atoms with E-state index in [0.29, 0.717) is 28.9 Å². The lowest BCUT2D eigenvalue weighted by atomic mass is 10.1. The Morgan fingerprint density at radius 3 is 2.38 bits per heavy atom. The molecule has 5 nitrogen and oxygen atoms in total. The fourth-order valence-electron chi connectivity index (χ4n) is 2.43. The summed E-state index contributed by atoms with van der Waals surface area (Å²) in [5.41, 5.74) is 3.48. The molecule has 0 aliphatic rings. The van der Waals surface area contributed by atoms with Gasteiger partial charge in [0.25, 0.3) is 0 Å². The largest absolute Gasteiger partial charge is 0.350 e. The maximum atomic E-state index is 11.4. The number of Topliss-reactive ketones (excluding diaryl/α,β-unsaturated/α-hetero) is 1. The van der Waals surface area contributed by atoms with Crippen molar-refractivity contribution in [2.24, 2.45) is 0 Å². The zero-order valence-electron chi connectivity index (χ0n) is 14.6. The second-order valence-corrected chi connectivity index (χ2v) is 6.39. The van der Waals surface area contributed by atoms with E-state index in [4.69, 9.17) is 11.6 Å². The average Bonchev–Trinajstić information content (AvgIpc) is 2.61. The molecule has 0 aliphatic heterocycles. The Morgan fingerprint density at radius 2 is 1.73 bits per heavy atom. The molecule has 6 heteroatoms. The number of nitrogens with zero attached hydrogens (tertiary/aromatic N) is 2. The van der Waals surface area contributed by atoms with Gasteiger partial charge in [0.2, 0.25) is 5.95 Å². The van der Waals surface area contributed by atoms with Crippen LogP contribution in [-0.2, 0) is 6.54 Å². The van der Waals surface area contributed by atoms with Gasteiger partial charge >= 0.3 is 0 Å².